The molecule has 0 spiro atoms. The van der Waals surface area contributed by atoms with Crippen LogP contribution in [0.4, 0.5) is 0 Å². The monoisotopic (exact) mass is 245 g/mol. The molecule has 1 aromatic heterocycles. The second-order valence-electron chi connectivity index (χ2n) is 3.48. The van der Waals surface area contributed by atoms with E-state index in [0.29, 0.717) is 15.8 Å². The molecule has 2 unspecified atom stereocenters. The van der Waals surface area contributed by atoms with Crippen LogP contribution in [0.5, 0.6) is 0 Å². The summed E-state index contributed by atoms with van der Waals surface area (Å²) in [5, 5.41) is 3.17. The third kappa shape index (κ3) is 2.39. The van der Waals surface area contributed by atoms with Gasteiger partial charge in [0, 0.05) is 6.54 Å². The van der Waals surface area contributed by atoms with E-state index in [1.807, 2.05) is 6.92 Å². The van der Waals surface area contributed by atoms with Gasteiger partial charge in [-0.05, 0) is 19.1 Å². The number of carbonyl (C=O) groups is 1. The number of ketones is 1. The zero-order chi connectivity index (χ0) is 10.8. The van der Waals surface area contributed by atoms with Crippen molar-refractivity contribution in [3.05, 3.63) is 21.3 Å². The standard InChI is InChI=1S/C10H12ClNO2S/c1-6-9(12-4-5-14-6)10(13)7-2-3-8(11)15-7/h2-3,6,9,12H,4-5H2,1H3. The van der Waals surface area contributed by atoms with Crippen molar-refractivity contribution in [2.24, 2.45) is 0 Å². The molecule has 1 fully saturated rings. The molecule has 0 aliphatic carbocycles. The van der Waals surface area contributed by atoms with E-state index in [-0.39, 0.29) is 17.9 Å². The first-order chi connectivity index (χ1) is 7.18. The van der Waals surface area contributed by atoms with Crippen molar-refractivity contribution in [2.75, 3.05) is 13.2 Å². The minimum Gasteiger partial charge on any atom is -0.375 e. The van der Waals surface area contributed by atoms with Crippen LogP contribution < -0.4 is 5.32 Å². The van der Waals surface area contributed by atoms with E-state index >= 15 is 0 Å². The highest BCUT2D eigenvalue weighted by Crippen LogP contribution is 2.23. The van der Waals surface area contributed by atoms with Gasteiger partial charge in [0.15, 0.2) is 5.78 Å². The van der Waals surface area contributed by atoms with Crippen LogP contribution in [-0.2, 0) is 4.74 Å². The summed E-state index contributed by atoms with van der Waals surface area (Å²) >= 11 is 7.11. The first-order valence-corrected chi connectivity index (χ1v) is 6.02. The predicted molar refractivity (Wildman–Crippen MR) is 60.9 cm³/mol. The van der Waals surface area contributed by atoms with Crippen molar-refractivity contribution in [2.45, 2.75) is 19.1 Å². The Bertz CT molecular complexity index is 366. The lowest BCUT2D eigenvalue weighted by molar-refractivity contribution is 0.0113. The molecule has 0 radical (unpaired) electrons. The molecule has 1 aliphatic heterocycles. The van der Waals surface area contributed by atoms with E-state index in [1.54, 1.807) is 12.1 Å². The van der Waals surface area contributed by atoms with Gasteiger partial charge >= 0.3 is 0 Å². The average Bonchev–Trinajstić information content (AvgIpc) is 2.65. The van der Waals surface area contributed by atoms with Gasteiger partial charge in [0.25, 0.3) is 0 Å². The number of hydrogen-bond donors (Lipinski definition) is 1. The number of hydrogen-bond acceptors (Lipinski definition) is 4. The summed E-state index contributed by atoms with van der Waals surface area (Å²) in [5.74, 6) is 0.0686. The van der Waals surface area contributed by atoms with Gasteiger partial charge in [-0.1, -0.05) is 11.6 Å². The molecule has 82 valence electrons. The number of carbonyl (C=O) groups excluding carboxylic acids is 1. The number of nitrogens with one attached hydrogen (secondary N) is 1. The number of Topliss-reactive ketones (excluding diaryl/α,β-unsaturated/α-hetero) is 1. The quantitative estimate of drug-likeness (QED) is 0.810. The molecule has 1 saturated heterocycles. The van der Waals surface area contributed by atoms with E-state index in [0.717, 1.165) is 6.54 Å². The molecule has 2 atom stereocenters. The molecule has 1 aromatic rings. The van der Waals surface area contributed by atoms with Crippen LogP contribution in [0.25, 0.3) is 0 Å². The highest BCUT2D eigenvalue weighted by atomic mass is 35.5. The molecule has 1 aliphatic rings. The van der Waals surface area contributed by atoms with E-state index in [9.17, 15) is 4.79 Å². The van der Waals surface area contributed by atoms with E-state index in [4.69, 9.17) is 16.3 Å². The maximum Gasteiger partial charge on any atom is 0.192 e. The van der Waals surface area contributed by atoms with Gasteiger partial charge in [0.1, 0.15) is 0 Å². The van der Waals surface area contributed by atoms with E-state index in [2.05, 4.69) is 5.32 Å². The fourth-order valence-electron chi connectivity index (χ4n) is 1.63. The Morgan fingerprint density at radius 1 is 1.67 bits per heavy atom. The lowest BCUT2D eigenvalue weighted by Gasteiger charge is -2.28. The van der Waals surface area contributed by atoms with Crippen LogP contribution in [0.15, 0.2) is 12.1 Å². The Balaban J connectivity index is 2.13. The summed E-state index contributed by atoms with van der Waals surface area (Å²) < 4.78 is 6.07. The summed E-state index contributed by atoms with van der Waals surface area (Å²) in [7, 11) is 0. The highest BCUT2D eigenvalue weighted by molar-refractivity contribution is 7.18. The van der Waals surface area contributed by atoms with Crippen molar-refractivity contribution < 1.29 is 9.53 Å². The summed E-state index contributed by atoms with van der Waals surface area (Å²) in [6.07, 6.45) is -0.0767. The largest absolute Gasteiger partial charge is 0.375 e. The molecule has 0 saturated carbocycles. The van der Waals surface area contributed by atoms with Gasteiger partial charge in [-0.2, -0.15) is 0 Å². The van der Waals surface area contributed by atoms with Gasteiger partial charge in [-0.3, -0.25) is 4.79 Å². The number of halogens is 1. The average molecular weight is 246 g/mol. The highest BCUT2D eigenvalue weighted by Gasteiger charge is 2.29. The van der Waals surface area contributed by atoms with Crippen molar-refractivity contribution in [3.8, 4) is 0 Å². The van der Waals surface area contributed by atoms with Gasteiger partial charge in [0.2, 0.25) is 0 Å². The summed E-state index contributed by atoms with van der Waals surface area (Å²) in [6, 6.07) is 3.26. The fourth-order valence-corrected chi connectivity index (χ4v) is 2.65. The molecule has 0 bridgehead atoms. The Morgan fingerprint density at radius 2 is 2.47 bits per heavy atom. The second-order valence-corrected chi connectivity index (χ2v) is 5.19. The minimum absolute atomic E-state index is 0.0686. The van der Waals surface area contributed by atoms with Crippen molar-refractivity contribution >= 4 is 28.7 Å². The SMILES string of the molecule is CC1OCCNC1C(=O)c1ccc(Cl)s1. The zero-order valence-corrected chi connectivity index (χ0v) is 9.90. The van der Waals surface area contributed by atoms with Gasteiger partial charge < -0.3 is 10.1 Å². The molecule has 2 heterocycles. The summed E-state index contributed by atoms with van der Waals surface area (Å²) in [5.41, 5.74) is 0. The summed E-state index contributed by atoms with van der Waals surface area (Å²) in [4.78, 5) is 12.7. The zero-order valence-electron chi connectivity index (χ0n) is 8.33. The minimum atomic E-state index is -0.242. The topological polar surface area (TPSA) is 38.3 Å². The van der Waals surface area contributed by atoms with E-state index in [1.165, 1.54) is 11.3 Å². The molecule has 2 rings (SSSR count). The van der Waals surface area contributed by atoms with E-state index < -0.39 is 0 Å². The Hall–Kier alpha value is -0.420. The predicted octanol–water partition coefficient (Wildman–Crippen LogP) is 1.96. The maximum absolute atomic E-state index is 12.0. The molecule has 0 amide bonds. The molecular weight excluding hydrogens is 234 g/mol. The van der Waals surface area contributed by atoms with Crippen LogP contribution in [0.1, 0.15) is 16.6 Å². The van der Waals surface area contributed by atoms with Gasteiger partial charge in [-0.15, -0.1) is 11.3 Å². The number of morpholine rings is 1. The van der Waals surface area contributed by atoms with Gasteiger partial charge in [0.05, 0.1) is 28.0 Å². The lowest BCUT2D eigenvalue weighted by Crippen LogP contribution is -2.51. The Kier molecular flexibility index (Phi) is 3.41. The van der Waals surface area contributed by atoms with Crippen LogP contribution >= 0.6 is 22.9 Å². The summed E-state index contributed by atoms with van der Waals surface area (Å²) in [6.45, 7) is 3.29. The van der Waals surface area contributed by atoms with Gasteiger partial charge in [-0.25, -0.2) is 0 Å². The molecule has 15 heavy (non-hydrogen) atoms. The first kappa shape index (κ1) is 11.1. The molecule has 1 N–H and O–H groups in total. The van der Waals surface area contributed by atoms with Crippen molar-refractivity contribution in [3.63, 3.8) is 0 Å². The lowest BCUT2D eigenvalue weighted by atomic mass is 10.1. The van der Waals surface area contributed by atoms with Crippen molar-refractivity contribution in [1.82, 2.24) is 5.32 Å². The smallest absolute Gasteiger partial charge is 0.192 e. The van der Waals surface area contributed by atoms with Crippen LogP contribution in [0, 0.1) is 0 Å². The normalized spacial score (nSPS) is 26.5. The molecular formula is C10H12ClNO2S. The van der Waals surface area contributed by atoms with Crippen LogP contribution in [-0.4, -0.2) is 31.1 Å². The van der Waals surface area contributed by atoms with Crippen LogP contribution in [0.3, 0.4) is 0 Å². The molecule has 5 heteroatoms. The first-order valence-electron chi connectivity index (χ1n) is 4.83. The molecule has 0 aromatic carbocycles. The molecule has 3 nitrogen and oxygen atoms in total. The third-order valence-electron chi connectivity index (χ3n) is 2.41. The number of rotatable bonds is 2. The Labute approximate surface area is 97.4 Å². The third-order valence-corrected chi connectivity index (χ3v) is 3.66. The van der Waals surface area contributed by atoms with Crippen molar-refractivity contribution in [1.29, 1.82) is 0 Å². The Morgan fingerprint density at radius 3 is 3.07 bits per heavy atom. The number of ether oxygens (including phenoxy) is 1. The number of thiophene rings is 1. The maximum atomic E-state index is 12.0. The second kappa shape index (κ2) is 4.61. The van der Waals surface area contributed by atoms with Crippen LogP contribution in [0.2, 0.25) is 4.34 Å². The fraction of sp³-hybridized carbons (Fsp3) is 0.500.